The van der Waals surface area contributed by atoms with Crippen LogP contribution in [0.1, 0.15) is 24.8 Å². The van der Waals surface area contributed by atoms with Crippen LogP contribution in [0.2, 0.25) is 0 Å². The van der Waals surface area contributed by atoms with E-state index in [1.54, 1.807) is 18.3 Å². The van der Waals surface area contributed by atoms with Gasteiger partial charge in [0.25, 0.3) is 0 Å². The Bertz CT molecular complexity index is 791. The summed E-state index contributed by atoms with van der Waals surface area (Å²) in [5.74, 6) is 1.08. The van der Waals surface area contributed by atoms with Crippen molar-refractivity contribution < 1.29 is 9.84 Å². The van der Waals surface area contributed by atoms with E-state index >= 15 is 0 Å². The minimum Gasteiger partial charge on any atom is -0.508 e. The molecule has 1 fully saturated rings. The zero-order valence-electron chi connectivity index (χ0n) is 11.4. The first-order chi connectivity index (χ1) is 10.3. The van der Waals surface area contributed by atoms with Crippen LogP contribution in [0.4, 0.5) is 0 Å². The maximum Gasteiger partial charge on any atom is 0.164 e. The molecule has 1 aliphatic heterocycles. The Balaban J connectivity index is 1.98. The van der Waals surface area contributed by atoms with E-state index in [1.807, 2.05) is 28.8 Å². The molecule has 106 valence electrons. The number of phenolic OH excluding ortho intramolecular Hbond substituents is 1. The van der Waals surface area contributed by atoms with Gasteiger partial charge in [-0.2, -0.15) is 0 Å². The van der Waals surface area contributed by atoms with Crippen molar-refractivity contribution in [3.8, 4) is 11.4 Å². The Morgan fingerprint density at radius 3 is 3.00 bits per heavy atom. The lowest BCUT2D eigenvalue weighted by molar-refractivity contribution is 0.104. The molecule has 1 saturated heterocycles. The van der Waals surface area contributed by atoms with Crippen molar-refractivity contribution in [2.45, 2.75) is 18.9 Å². The van der Waals surface area contributed by atoms with Gasteiger partial charge in [-0.1, -0.05) is 6.07 Å². The largest absolute Gasteiger partial charge is 0.508 e. The third-order valence-electron chi connectivity index (χ3n) is 3.75. The second-order valence-electron chi connectivity index (χ2n) is 5.17. The molecule has 3 heterocycles. The number of imidazole rings is 1. The highest BCUT2D eigenvalue weighted by Crippen LogP contribution is 2.32. The molecule has 0 bridgehead atoms. The number of pyridine rings is 1. The Hall–Kier alpha value is -2.40. The number of nitrogens with zero attached hydrogens (tertiary/aromatic N) is 3. The lowest BCUT2D eigenvalue weighted by Gasteiger charge is -2.13. The molecule has 0 spiro atoms. The summed E-state index contributed by atoms with van der Waals surface area (Å²) in [6.45, 7) is 0.765. The molecule has 21 heavy (non-hydrogen) atoms. The molecule has 0 amide bonds. The van der Waals surface area contributed by atoms with Gasteiger partial charge in [0.15, 0.2) is 5.65 Å². The molecule has 4 rings (SSSR count). The van der Waals surface area contributed by atoms with Crippen LogP contribution in [0, 0.1) is 0 Å². The predicted molar refractivity (Wildman–Crippen MR) is 78.5 cm³/mol. The zero-order chi connectivity index (χ0) is 14.2. The number of aromatic nitrogens is 3. The Morgan fingerprint density at radius 2 is 2.19 bits per heavy atom. The van der Waals surface area contributed by atoms with Crippen LogP contribution in [0.15, 0.2) is 42.6 Å². The van der Waals surface area contributed by atoms with E-state index in [1.165, 1.54) is 0 Å². The molecule has 1 atom stereocenters. The van der Waals surface area contributed by atoms with E-state index in [0.29, 0.717) is 0 Å². The minimum absolute atomic E-state index is 0.0125. The second kappa shape index (κ2) is 4.86. The number of fused-ring (bicyclic) bond motifs is 1. The molecule has 3 aromatic rings. The smallest absolute Gasteiger partial charge is 0.164 e. The number of phenols is 1. The highest BCUT2D eigenvalue weighted by Gasteiger charge is 2.25. The van der Waals surface area contributed by atoms with Crippen molar-refractivity contribution in [1.82, 2.24) is 14.5 Å². The number of ether oxygens (including phenoxy) is 1. The van der Waals surface area contributed by atoms with Gasteiger partial charge in [-0.05, 0) is 37.1 Å². The average Bonchev–Trinajstić information content (AvgIpc) is 3.14. The summed E-state index contributed by atoms with van der Waals surface area (Å²) in [6, 6.07) is 10.9. The van der Waals surface area contributed by atoms with E-state index in [0.717, 1.165) is 42.1 Å². The van der Waals surface area contributed by atoms with Gasteiger partial charge in [0.1, 0.15) is 23.2 Å². The topological polar surface area (TPSA) is 60.2 Å². The Morgan fingerprint density at radius 1 is 1.24 bits per heavy atom. The molecule has 5 heteroatoms. The third-order valence-corrected chi connectivity index (χ3v) is 3.75. The number of benzene rings is 1. The Labute approximate surface area is 121 Å². The maximum atomic E-state index is 9.75. The van der Waals surface area contributed by atoms with E-state index in [2.05, 4.69) is 4.98 Å². The summed E-state index contributed by atoms with van der Waals surface area (Å²) in [7, 11) is 0. The van der Waals surface area contributed by atoms with E-state index in [9.17, 15) is 5.11 Å². The van der Waals surface area contributed by atoms with Gasteiger partial charge in [0.05, 0.1) is 5.69 Å². The molecule has 2 aromatic heterocycles. The molecule has 1 aliphatic rings. The molecule has 5 nitrogen and oxygen atoms in total. The van der Waals surface area contributed by atoms with E-state index < -0.39 is 0 Å². The van der Waals surface area contributed by atoms with Gasteiger partial charge in [-0.25, -0.2) is 9.97 Å². The fraction of sp³-hybridized carbons (Fsp3) is 0.250. The van der Waals surface area contributed by atoms with Crippen molar-refractivity contribution in [2.75, 3.05) is 6.61 Å². The number of rotatable bonds is 2. The first-order valence-electron chi connectivity index (χ1n) is 7.07. The van der Waals surface area contributed by atoms with Gasteiger partial charge in [-0.15, -0.1) is 0 Å². The number of hydrogen-bond acceptors (Lipinski definition) is 4. The fourth-order valence-corrected chi connectivity index (χ4v) is 2.81. The van der Waals surface area contributed by atoms with Crippen LogP contribution in [0.5, 0.6) is 5.75 Å². The average molecular weight is 281 g/mol. The van der Waals surface area contributed by atoms with Crippen molar-refractivity contribution in [3.05, 3.63) is 48.4 Å². The molecule has 1 N–H and O–H groups in total. The van der Waals surface area contributed by atoms with E-state index in [4.69, 9.17) is 9.72 Å². The lowest BCUT2D eigenvalue weighted by Crippen LogP contribution is -2.07. The minimum atomic E-state index is -0.0125. The van der Waals surface area contributed by atoms with Gasteiger partial charge < -0.3 is 9.84 Å². The van der Waals surface area contributed by atoms with Gasteiger partial charge in [0.2, 0.25) is 0 Å². The first-order valence-corrected chi connectivity index (χ1v) is 7.07. The summed E-state index contributed by atoms with van der Waals surface area (Å²) in [5, 5.41) is 9.75. The monoisotopic (exact) mass is 281 g/mol. The van der Waals surface area contributed by atoms with Gasteiger partial charge >= 0.3 is 0 Å². The van der Waals surface area contributed by atoms with Crippen LogP contribution in [-0.2, 0) is 4.74 Å². The Kier molecular flexibility index (Phi) is 2.86. The summed E-state index contributed by atoms with van der Waals surface area (Å²) in [5.41, 5.74) is 2.47. The second-order valence-corrected chi connectivity index (χ2v) is 5.17. The van der Waals surface area contributed by atoms with Crippen LogP contribution >= 0.6 is 0 Å². The highest BCUT2D eigenvalue weighted by molar-refractivity contribution is 5.74. The van der Waals surface area contributed by atoms with Crippen LogP contribution in [0.3, 0.4) is 0 Å². The summed E-state index contributed by atoms with van der Waals surface area (Å²) in [6.07, 6.45) is 3.74. The molecular weight excluding hydrogens is 266 g/mol. The van der Waals surface area contributed by atoms with Gasteiger partial charge in [-0.3, -0.25) is 4.57 Å². The van der Waals surface area contributed by atoms with Crippen LogP contribution in [-0.4, -0.2) is 26.2 Å². The quantitative estimate of drug-likeness (QED) is 0.784. The SMILES string of the molecule is Oc1cccc(-n2c(C3CCCO3)nc3cccnc32)c1. The number of aromatic hydroxyl groups is 1. The summed E-state index contributed by atoms with van der Waals surface area (Å²) < 4.78 is 7.76. The summed E-state index contributed by atoms with van der Waals surface area (Å²) in [4.78, 5) is 9.14. The molecule has 0 radical (unpaired) electrons. The molecular formula is C16H15N3O2. The van der Waals surface area contributed by atoms with E-state index in [-0.39, 0.29) is 11.9 Å². The van der Waals surface area contributed by atoms with Crippen LogP contribution in [0.25, 0.3) is 16.9 Å². The lowest BCUT2D eigenvalue weighted by atomic mass is 10.2. The maximum absolute atomic E-state index is 9.75. The zero-order valence-corrected chi connectivity index (χ0v) is 11.4. The van der Waals surface area contributed by atoms with Crippen molar-refractivity contribution in [2.24, 2.45) is 0 Å². The highest BCUT2D eigenvalue weighted by atomic mass is 16.5. The first kappa shape index (κ1) is 12.3. The van der Waals surface area contributed by atoms with Crippen molar-refractivity contribution >= 4 is 11.2 Å². The third kappa shape index (κ3) is 2.06. The molecule has 0 aliphatic carbocycles. The van der Waals surface area contributed by atoms with Gasteiger partial charge in [0, 0.05) is 18.9 Å². The number of hydrogen-bond donors (Lipinski definition) is 1. The standard InChI is InChI=1S/C16H15N3O2/c20-12-5-1-4-11(10-12)19-15-13(6-2-8-17-15)18-16(19)14-7-3-9-21-14/h1-2,4-6,8,10,14,20H,3,7,9H2. The molecule has 0 saturated carbocycles. The summed E-state index contributed by atoms with van der Waals surface area (Å²) >= 11 is 0. The van der Waals surface area contributed by atoms with Crippen molar-refractivity contribution in [3.63, 3.8) is 0 Å². The predicted octanol–water partition coefficient (Wildman–Crippen LogP) is 2.98. The fourth-order valence-electron chi connectivity index (χ4n) is 2.81. The molecule has 1 aromatic carbocycles. The molecule has 1 unspecified atom stereocenters. The van der Waals surface area contributed by atoms with Crippen molar-refractivity contribution in [1.29, 1.82) is 0 Å². The van der Waals surface area contributed by atoms with Crippen LogP contribution < -0.4 is 0 Å². The normalized spacial score (nSPS) is 18.4.